The summed E-state index contributed by atoms with van der Waals surface area (Å²) in [6, 6.07) is 14.9. The highest BCUT2D eigenvalue weighted by molar-refractivity contribution is 5.94. The Morgan fingerprint density at radius 2 is 0.548 bits per heavy atom. The van der Waals surface area contributed by atoms with Crippen molar-refractivity contribution in [3.05, 3.63) is 121 Å². The summed E-state index contributed by atoms with van der Waals surface area (Å²) in [6.07, 6.45) is 0. The van der Waals surface area contributed by atoms with Gasteiger partial charge in [-0.3, -0.25) is 0 Å². The van der Waals surface area contributed by atoms with Gasteiger partial charge >= 0.3 is 17.9 Å². The van der Waals surface area contributed by atoms with Gasteiger partial charge in [0.05, 0.1) is 16.7 Å². The summed E-state index contributed by atoms with van der Waals surface area (Å²) in [5.74, 6) is -1.56. The zero-order valence-corrected chi connectivity index (χ0v) is 25.6. The second kappa shape index (κ2) is 12.0. The number of carbonyl (C=O) groups excluding carboxylic acids is 3. The quantitative estimate of drug-likeness (QED) is 0.174. The van der Waals surface area contributed by atoms with E-state index in [4.69, 9.17) is 14.2 Å². The molecule has 0 aliphatic heterocycles. The predicted octanol–water partition coefficient (Wildman–Crippen LogP) is 8.12. The zero-order valence-electron chi connectivity index (χ0n) is 25.6. The molecule has 0 heterocycles. The third-order valence-corrected chi connectivity index (χ3v) is 7.97. The van der Waals surface area contributed by atoms with Gasteiger partial charge in [0, 0.05) is 18.2 Å². The molecule has 0 atom stereocenters. The second-order valence-electron chi connectivity index (χ2n) is 11.0. The summed E-state index contributed by atoms with van der Waals surface area (Å²) in [6.45, 7) is 17.6. The van der Waals surface area contributed by atoms with Gasteiger partial charge in [0.1, 0.15) is 17.2 Å². The van der Waals surface area contributed by atoms with Gasteiger partial charge in [-0.2, -0.15) is 0 Å². The van der Waals surface area contributed by atoms with Gasteiger partial charge < -0.3 is 14.2 Å². The van der Waals surface area contributed by atoms with Crippen LogP contribution in [0.15, 0.2) is 54.6 Å². The van der Waals surface area contributed by atoms with Crippen LogP contribution in [0.2, 0.25) is 0 Å². The molecule has 0 aromatic heterocycles. The van der Waals surface area contributed by atoms with E-state index in [2.05, 4.69) is 0 Å². The molecular weight excluding hydrogens is 528 g/mol. The van der Waals surface area contributed by atoms with E-state index in [0.29, 0.717) is 16.7 Å². The topological polar surface area (TPSA) is 78.9 Å². The van der Waals surface area contributed by atoms with Gasteiger partial charge in [-0.15, -0.1) is 0 Å². The first-order valence-electron chi connectivity index (χ1n) is 13.8. The van der Waals surface area contributed by atoms with Crippen LogP contribution in [0.25, 0.3) is 0 Å². The molecule has 6 heteroatoms. The minimum absolute atomic E-state index is 0.0662. The maximum absolute atomic E-state index is 13.1. The lowest BCUT2D eigenvalue weighted by molar-refractivity contribution is 0.0730. The van der Waals surface area contributed by atoms with Gasteiger partial charge in [-0.25, -0.2) is 14.4 Å². The predicted molar refractivity (Wildman–Crippen MR) is 163 cm³/mol. The normalized spacial score (nSPS) is 10.8. The fourth-order valence-electron chi connectivity index (χ4n) is 4.68. The van der Waals surface area contributed by atoms with E-state index in [1.165, 1.54) is 18.2 Å². The van der Waals surface area contributed by atoms with Gasteiger partial charge in [0.2, 0.25) is 0 Å². The van der Waals surface area contributed by atoms with E-state index in [9.17, 15) is 14.4 Å². The Hall–Kier alpha value is -4.71. The molecule has 0 radical (unpaired) electrons. The maximum atomic E-state index is 13.1. The van der Waals surface area contributed by atoms with Crippen LogP contribution >= 0.6 is 0 Å². The summed E-state index contributed by atoms with van der Waals surface area (Å²) in [5.41, 5.74) is 10.2. The highest BCUT2D eigenvalue weighted by atomic mass is 16.6. The second-order valence-corrected chi connectivity index (χ2v) is 11.0. The number of esters is 3. The van der Waals surface area contributed by atoms with Crippen molar-refractivity contribution in [1.82, 2.24) is 0 Å². The Balaban J connectivity index is 1.68. The molecule has 4 aromatic rings. The van der Waals surface area contributed by atoms with E-state index in [1.54, 1.807) is 36.4 Å². The highest BCUT2D eigenvalue weighted by Crippen LogP contribution is 2.31. The Morgan fingerprint density at radius 3 is 0.738 bits per heavy atom. The minimum atomic E-state index is -0.587. The third-order valence-electron chi connectivity index (χ3n) is 7.97. The number of hydrogen-bond acceptors (Lipinski definition) is 6. The molecule has 0 N–H and O–H groups in total. The van der Waals surface area contributed by atoms with Crippen molar-refractivity contribution in [3.63, 3.8) is 0 Å². The van der Waals surface area contributed by atoms with Crippen LogP contribution in [0.3, 0.4) is 0 Å². The largest absolute Gasteiger partial charge is 0.423 e. The zero-order chi connectivity index (χ0) is 30.9. The van der Waals surface area contributed by atoms with Gasteiger partial charge in [0.25, 0.3) is 0 Å². The van der Waals surface area contributed by atoms with E-state index in [1.807, 2.05) is 62.3 Å². The van der Waals surface area contributed by atoms with Crippen LogP contribution in [0.5, 0.6) is 17.2 Å². The molecular formula is C36H36O6. The van der Waals surface area contributed by atoms with Crippen molar-refractivity contribution in [2.24, 2.45) is 0 Å². The van der Waals surface area contributed by atoms with Crippen molar-refractivity contribution >= 4 is 17.9 Å². The van der Waals surface area contributed by atoms with Crippen LogP contribution in [-0.2, 0) is 0 Å². The van der Waals surface area contributed by atoms with E-state index in [-0.39, 0.29) is 17.2 Å². The monoisotopic (exact) mass is 564 g/mol. The summed E-state index contributed by atoms with van der Waals surface area (Å²) in [5, 5.41) is 0. The van der Waals surface area contributed by atoms with Crippen LogP contribution in [-0.4, -0.2) is 17.9 Å². The van der Waals surface area contributed by atoms with E-state index < -0.39 is 17.9 Å². The average molecular weight is 565 g/mol. The molecule has 42 heavy (non-hydrogen) atoms. The Labute approximate surface area is 247 Å². The molecule has 0 amide bonds. The number of aryl methyl sites for hydroxylation is 6. The molecule has 0 unspecified atom stereocenters. The van der Waals surface area contributed by atoms with Gasteiger partial charge in [-0.05, 0) is 149 Å². The number of benzene rings is 4. The maximum Gasteiger partial charge on any atom is 0.343 e. The van der Waals surface area contributed by atoms with Gasteiger partial charge in [0.15, 0.2) is 0 Å². The smallest absolute Gasteiger partial charge is 0.343 e. The third kappa shape index (κ3) is 6.60. The molecule has 0 fully saturated rings. The van der Waals surface area contributed by atoms with Crippen molar-refractivity contribution in [2.45, 2.75) is 62.3 Å². The first-order valence-corrected chi connectivity index (χ1v) is 13.8. The molecule has 4 aromatic carbocycles. The SMILES string of the molecule is Cc1cc(C(=O)Oc2cc(OC(=O)c3cc(C)c(C)c(C)c3)cc(OC(=O)c3cc(C)c(C)c(C)c3)c2)cc(C)c1C. The lowest BCUT2D eigenvalue weighted by Crippen LogP contribution is -2.13. The summed E-state index contributed by atoms with van der Waals surface area (Å²) >= 11 is 0. The number of hydrogen-bond donors (Lipinski definition) is 0. The average Bonchev–Trinajstić information content (AvgIpc) is 2.92. The lowest BCUT2D eigenvalue weighted by atomic mass is 10.0. The summed E-state index contributed by atoms with van der Waals surface area (Å²) in [4.78, 5) is 39.3. The molecule has 0 saturated carbocycles. The molecule has 0 saturated heterocycles. The van der Waals surface area contributed by atoms with Crippen molar-refractivity contribution < 1.29 is 28.6 Å². The van der Waals surface area contributed by atoms with Crippen molar-refractivity contribution in [1.29, 1.82) is 0 Å². The molecule has 4 rings (SSSR count). The summed E-state index contributed by atoms with van der Waals surface area (Å²) in [7, 11) is 0. The van der Waals surface area contributed by atoms with Gasteiger partial charge in [-0.1, -0.05) is 0 Å². The Bertz CT molecular complexity index is 1460. The van der Waals surface area contributed by atoms with Crippen molar-refractivity contribution in [3.8, 4) is 17.2 Å². The number of ether oxygens (including phenoxy) is 3. The first-order chi connectivity index (χ1) is 19.7. The molecule has 6 nitrogen and oxygen atoms in total. The summed E-state index contributed by atoms with van der Waals surface area (Å²) < 4.78 is 17.1. The number of rotatable bonds is 6. The minimum Gasteiger partial charge on any atom is -0.423 e. The molecule has 216 valence electrons. The van der Waals surface area contributed by atoms with Crippen molar-refractivity contribution in [2.75, 3.05) is 0 Å². The van der Waals surface area contributed by atoms with Crippen LogP contribution in [0.4, 0.5) is 0 Å². The molecule has 0 aliphatic carbocycles. The highest BCUT2D eigenvalue weighted by Gasteiger charge is 2.18. The Morgan fingerprint density at radius 1 is 0.357 bits per heavy atom. The van der Waals surface area contributed by atoms with E-state index in [0.717, 1.165) is 50.1 Å². The lowest BCUT2D eigenvalue weighted by Gasteiger charge is -2.14. The molecule has 0 spiro atoms. The van der Waals surface area contributed by atoms with Crippen LogP contribution in [0, 0.1) is 62.3 Å². The Kier molecular flexibility index (Phi) is 8.67. The van der Waals surface area contributed by atoms with E-state index >= 15 is 0 Å². The molecule has 0 bridgehead atoms. The number of carbonyl (C=O) groups is 3. The molecule has 0 aliphatic rings. The fourth-order valence-corrected chi connectivity index (χ4v) is 4.68. The standard InChI is InChI=1S/C36H36O6/c1-19-10-28(11-20(2)25(19)7)34(37)40-31-16-32(41-35(38)29-12-21(3)26(8)22(4)13-29)18-33(17-31)42-36(39)30-14-23(5)27(9)24(6)15-30/h10-18H,1-9H3. The fraction of sp³-hybridized carbons (Fsp3) is 0.250. The van der Waals surface area contributed by atoms with Crippen LogP contribution in [0.1, 0.15) is 81.1 Å². The van der Waals surface area contributed by atoms with Crippen LogP contribution < -0.4 is 14.2 Å². The first kappa shape index (κ1) is 30.3.